The second-order valence-electron chi connectivity index (χ2n) is 9.04. The number of aromatic nitrogens is 1. The van der Waals surface area contributed by atoms with Crippen molar-refractivity contribution in [3.05, 3.63) is 71.9 Å². The fourth-order valence-corrected chi connectivity index (χ4v) is 5.11. The fourth-order valence-electron chi connectivity index (χ4n) is 5.11. The van der Waals surface area contributed by atoms with Crippen LogP contribution in [0.15, 0.2) is 60.7 Å². The van der Waals surface area contributed by atoms with Crippen molar-refractivity contribution in [1.82, 2.24) is 4.98 Å². The summed E-state index contributed by atoms with van der Waals surface area (Å²) in [6.07, 6.45) is 2.66. The van der Waals surface area contributed by atoms with Crippen LogP contribution in [0.5, 0.6) is 5.75 Å². The summed E-state index contributed by atoms with van der Waals surface area (Å²) < 4.78 is 6.06. The zero-order chi connectivity index (χ0) is 24.4. The number of nitrogens with zero attached hydrogens (tertiary/aromatic N) is 1. The number of aryl methyl sites for hydroxylation is 1. The van der Waals surface area contributed by atoms with Crippen molar-refractivity contribution in [2.45, 2.75) is 25.7 Å². The normalized spacial score (nSPS) is 16.0. The van der Waals surface area contributed by atoms with Gasteiger partial charge in [-0.05, 0) is 48.8 Å². The maximum Gasteiger partial charge on any atom is 0.352 e. The molecule has 0 bridgehead atoms. The topological polar surface area (TPSA) is 103 Å². The van der Waals surface area contributed by atoms with Crippen LogP contribution >= 0.6 is 0 Å². The van der Waals surface area contributed by atoms with Crippen molar-refractivity contribution < 1.29 is 24.5 Å². The van der Waals surface area contributed by atoms with Gasteiger partial charge in [0.1, 0.15) is 11.4 Å². The van der Waals surface area contributed by atoms with E-state index in [0.29, 0.717) is 32.4 Å². The van der Waals surface area contributed by atoms with Gasteiger partial charge in [-0.2, -0.15) is 0 Å². The van der Waals surface area contributed by atoms with Crippen LogP contribution in [-0.4, -0.2) is 46.8 Å². The second kappa shape index (κ2) is 9.70. The highest BCUT2D eigenvalue weighted by Gasteiger charge is 2.27. The monoisotopic (exact) mass is 472 g/mol. The third kappa shape index (κ3) is 4.54. The van der Waals surface area contributed by atoms with Crippen LogP contribution in [0.4, 0.5) is 5.69 Å². The maximum absolute atomic E-state index is 12.1. The van der Waals surface area contributed by atoms with Crippen molar-refractivity contribution >= 4 is 39.3 Å². The molecule has 1 unspecified atom stereocenters. The van der Waals surface area contributed by atoms with E-state index in [1.165, 1.54) is 0 Å². The first-order valence-corrected chi connectivity index (χ1v) is 12.0. The number of piperidine rings is 1. The molecular formula is C28H28N2O5. The van der Waals surface area contributed by atoms with Crippen LogP contribution in [0, 0.1) is 5.92 Å². The first kappa shape index (κ1) is 22.8. The summed E-state index contributed by atoms with van der Waals surface area (Å²) >= 11 is 0. The van der Waals surface area contributed by atoms with E-state index in [-0.39, 0.29) is 5.69 Å². The molecule has 0 radical (unpaired) electrons. The van der Waals surface area contributed by atoms with Crippen molar-refractivity contribution in [2.24, 2.45) is 5.92 Å². The average molecular weight is 473 g/mol. The van der Waals surface area contributed by atoms with Gasteiger partial charge in [0.05, 0.1) is 23.7 Å². The van der Waals surface area contributed by atoms with Gasteiger partial charge in [-0.1, -0.05) is 48.5 Å². The van der Waals surface area contributed by atoms with Gasteiger partial charge in [0.25, 0.3) is 0 Å². The zero-order valence-electron chi connectivity index (χ0n) is 19.4. The summed E-state index contributed by atoms with van der Waals surface area (Å²) in [4.78, 5) is 28.8. The second-order valence-corrected chi connectivity index (χ2v) is 9.04. The molecule has 7 nitrogen and oxygen atoms in total. The number of anilines is 1. The lowest BCUT2D eigenvalue weighted by Gasteiger charge is -2.32. The zero-order valence-corrected chi connectivity index (χ0v) is 19.4. The van der Waals surface area contributed by atoms with Gasteiger partial charge >= 0.3 is 11.9 Å². The van der Waals surface area contributed by atoms with Crippen LogP contribution in [0.25, 0.3) is 21.7 Å². The largest absolute Gasteiger partial charge is 0.493 e. The number of para-hydroxylation sites is 1. The molecule has 2 heterocycles. The van der Waals surface area contributed by atoms with Gasteiger partial charge in [-0.25, -0.2) is 4.79 Å². The number of benzene rings is 3. The van der Waals surface area contributed by atoms with E-state index in [9.17, 15) is 19.8 Å². The lowest BCUT2D eigenvalue weighted by atomic mass is 9.97. The molecule has 4 aromatic rings. The molecule has 1 saturated heterocycles. The van der Waals surface area contributed by atoms with Crippen LogP contribution < -0.4 is 9.64 Å². The number of H-pyrrole nitrogens is 1. The SMILES string of the molecule is O=C(O)c1[nH]c2c(N3CCCC(C(=O)O)C3)cccc2c1CCCOc1cccc2ccccc12. The number of aromatic carboxylic acids is 1. The minimum absolute atomic E-state index is 0.185. The van der Waals surface area contributed by atoms with Gasteiger partial charge in [-0.15, -0.1) is 0 Å². The highest BCUT2D eigenvalue weighted by Crippen LogP contribution is 2.34. The highest BCUT2D eigenvalue weighted by atomic mass is 16.5. The van der Waals surface area contributed by atoms with Crippen molar-refractivity contribution in [3.63, 3.8) is 0 Å². The molecule has 0 spiro atoms. The van der Waals surface area contributed by atoms with Crippen molar-refractivity contribution in [1.29, 1.82) is 0 Å². The third-order valence-corrected chi connectivity index (χ3v) is 6.82. The molecule has 1 fully saturated rings. The number of hydrogen-bond donors (Lipinski definition) is 3. The smallest absolute Gasteiger partial charge is 0.352 e. The Labute approximate surface area is 202 Å². The predicted molar refractivity (Wildman–Crippen MR) is 136 cm³/mol. The van der Waals surface area contributed by atoms with Gasteiger partial charge in [0.2, 0.25) is 0 Å². The molecule has 0 saturated carbocycles. The number of carboxylic acids is 2. The van der Waals surface area contributed by atoms with Crippen LogP contribution in [-0.2, 0) is 11.2 Å². The Hall–Kier alpha value is -4.00. The number of carbonyl (C=O) groups is 2. The molecule has 0 amide bonds. The summed E-state index contributed by atoms with van der Waals surface area (Å²) in [6, 6.07) is 19.8. The minimum Gasteiger partial charge on any atom is -0.493 e. The molecular weight excluding hydrogens is 444 g/mol. The van der Waals surface area contributed by atoms with E-state index < -0.39 is 17.9 Å². The third-order valence-electron chi connectivity index (χ3n) is 6.82. The number of ether oxygens (including phenoxy) is 1. The average Bonchev–Trinajstić information content (AvgIpc) is 3.26. The standard InChI is InChI=1S/C28H28N2O5/c31-27(32)19-9-5-15-30(17-19)23-13-4-11-21-22(26(28(33)34)29-25(21)23)12-6-16-35-24-14-3-8-18-7-1-2-10-20(18)24/h1-4,7-8,10-11,13-14,19,29H,5-6,9,12,15-17H2,(H,31,32)(H,33,34). The molecule has 1 atom stereocenters. The Bertz CT molecular complexity index is 1390. The van der Waals surface area contributed by atoms with Gasteiger partial charge < -0.3 is 24.8 Å². The van der Waals surface area contributed by atoms with Gasteiger partial charge in [0, 0.05) is 23.9 Å². The van der Waals surface area contributed by atoms with Crippen molar-refractivity contribution in [2.75, 3.05) is 24.6 Å². The van der Waals surface area contributed by atoms with E-state index in [2.05, 4.69) is 9.88 Å². The lowest BCUT2D eigenvalue weighted by Crippen LogP contribution is -2.38. The molecule has 3 N–H and O–H groups in total. The van der Waals surface area contributed by atoms with E-state index in [4.69, 9.17) is 4.74 Å². The van der Waals surface area contributed by atoms with Crippen LogP contribution in [0.3, 0.4) is 0 Å². The van der Waals surface area contributed by atoms with E-state index in [1.54, 1.807) is 0 Å². The van der Waals surface area contributed by atoms with Crippen LogP contribution in [0.1, 0.15) is 35.3 Å². The number of aromatic amines is 1. The fraction of sp³-hybridized carbons (Fsp3) is 0.286. The summed E-state index contributed by atoms with van der Waals surface area (Å²) in [6.45, 7) is 1.63. The number of carboxylic acid groups (broad SMARTS) is 2. The number of fused-ring (bicyclic) bond motifs is 2. The molecule has 1 aliphatic heterocycles. The van der Waals surface area contributed by atoms with E-state index in [1.807, 2.05) is 60.7 Å². The van der Waals surface area contributed by atoms with Gasteiger partial charge in [0.15, 0.2) is 0 Å². The summed E-state index contributed by atoms with van der Waals surface area (Å²) in [7, 11) is 0. The number of rotatable bonds is 8. The Morgan fingerprint density at radius 2 is 1.77 bits per heavy atom. The molecule has 1 aromatic heterocycles. The summed E-state index contributed by atoms with van der Waals surface area (Å²) in [5.41, 5.74) is 2.54. The Balaban J connectivity index is 1.37. The molecule has 35 heavy (non-hydrogen) atoms. The van der Waals surface area contributed by atoms with Gasteiger partial charge in [-0.3, -0.25) is 4.79 Å². The summed E-state index contributed by atoms with van der Waals surface area (Å²) in [5, 5.41) is 22.4. The first-order valence-electron chi connectivity index (χ1n) is 12.0. The predicted octanol–water partition coefficient (Wildman–Crippen LogP) is 5.33. The quantitative estimate of drug-likeness (QED) is 0.300. The van der Waals surface area contributed by atoms with E-state index >= 15 is 0 Å². The minimum atomic E-state index is -1.00. The number of nitrogens with one attached hydrogen (secondary N) is 1. The van der Waals surface area contributed by atoms with Crippen molar-refractivity contribution in [3.8, 4) is 5.75 Å². The Kier molecular flexibility index (Phi) is 6.31. The molecule has 0 aliphatic carbocycles. The number of aliphatic carboxylic acids is 1. The Morgan fingerprint density at radius 1 is 1.00 bits per heavy atom. The summed E-state index contributed by atoms with van der Waals surface area (Å²) in [5.74, 6) is -1.38. The van der Waals surface area contributed by atoms with Crippen LogP contribution in [0.2, 0.25) is 0 Å². The molecule has 180 valence electrons. The maximum atomic E-state index is 12.1. The molecule has 3 aromatic carbocycles. The highest BCUT2D eigenvalue weighted by molar-refractivity contribution is 6.02. The first-order chi connectivity index (χ1) is 17.0. The number of hydrogen-bond acceptors (Lipinski definition) is 4. The Morgan fingerprint density at radius 3 is 2.60 bits per heavy atom. The van der Waals surface area contributed by atoms with E-state index in [0.717, 1.165) is 51.6 Å². The molecule has 5 rings (SSSR count). The molecule has 1 aliphatic rings. The lowest BCUT2D eigenvalue weighted by molar-refractivity contribution is -0.141. The molecule has 7 heteroatoms.